The Hall–Kier alpha value is -0.660. The fourth-order valence-corrected chi connectivity index (χ4v) is 3.29. The summed E-state index contributed by atoms with van der Waals surface area (Å²) >= 11 is 0. The number of hydrogen-bond donors (Lipinski definition) is 2. The third-order valence-electron chi connectivity index (χ3n) is 3.39. The van der Waals surface area contributed by atoms with Gasteiger partial charge in [-0.25, -0.2) is 12.7 Å². The topological polar surface area (TPSA) is 86.7 Å². The van der Waals surface area contributed by atoms with Gasteiger partial charge in [-0.2, -0.15) is 0 Å². The zero-order chi connectivity index (χ0) is 14.3. The average molecular weight is 292 g/mol. The molecule has 7 heteroatoms. The van der Waals surface area contributed by atoms with Crippen LogP contribution in [0.4, 0.5) is 0 Å². The van der Waals surface area contributed by atoms with Gasteiger partial charge in [0.25, 0.3) is 0 Å². The summed E-state index contributed by atoms with van der Waals surface area (Å²) in [6, 6.07) is 0.0740. The first-order chi connectivity index (χ1) is 8.99. The molecule has 0 aromatic heterocycles. The van der Waals surface area contributed by atoms with Crippen molar-refractivity contribution in [2.75, 3.05) is 25.4 Å². The SMILES string of the molecule is CCS(=O)(=O)N1CCC(NC(=O)CCCCO)CC1. The van der Waals surface area contributed by atoms with Gasteiger partial charge in [0.2, 0.25) is 15.9 Å². The van der Waals surface area contributed by atoms with Crippen molar-refractivity contribution in [2.45, 2.75) is 45.1 Å². The largest absolute Gasteiger partial charge is 0.396 e. The van der Waals surface area contributed by atoms with E-state index >= 15 is 0 Å². The van der Waals surface area contributed by atoms with Crippen LogP contribution in [0, 0.1) is 0 Å². The zero-order valence-electron chi connectivity index (χ0n) is 11.5. The van der Waals surface area contributed by atoms with Gasteiger partial charge in [-0.15, -0.1) is 0 Å². The molecule has 1 saturated heterocycles. The van der Waals surface area contributed by atoms with Gasteiger partial charge in [0, 0.05) is 32.2 Å². The van der Waals surface area contributed by atoms with Gasteiger partial charge in [-0.1, -0.05) is 0 Å². The van der Waals surface area contributed by atoms with Crippen LogP contribution in [-0.2, 0) is 14.8 Å². The molecule has 0 spiro atoms. The predicted molar refractivity (Wildman–Crippen MR) is 73.1 cm³/mol. The average Bonchev–Trinajstić information content (AvgIpc) is 2.39. The molecular weight excluding hydrogens is 268 g/mol. The highest BCUT2D eigenvalue weighted by Crippen LogP contribution is 2.14. The Labute approximate surface area is 115 Å². The van der Waals surface area contributed by atoms with Gasteiger partial charge >= 0.3 is 0 Å². The van der Waals surface area contributed by atoms with E-state index in [1.165, 1.54) is 4.31 Å². The molecule has 19 heavy (non-hydrogen) atoms. The highest BCUT2D eigenvalue weighted by atomic mass is 32.2. The lowest BCUT2D eigenvalue weighted by Crippen LogP contribution is -2.46. The van der Waals surface area contributed by atoms with Crippen molar-refractivity contribution in [3.8, 4) is 0 Å². The molecule has 0 aromatic carbocycles. The van der Waals surface area contributed by atoms with Crippen molar-refractivity contribution in [3.05, 3.63) is 0 Å². The maximum atomic E-state index is 11.7. The second-order valence-corrected chi connectivity index (χ2v) is 7.08. The summed E-state index contributed by atoms with van der Waals surface area (Å²) in [7, 11) is -3.10. The minimum atomic E-state index is -3.10. The Bertz CT molecular complexity index is 375. The number of piperidine rings is 1. The molecular formula is C12H24N2O4S. The lowest BCUT2D eigenvalue weighted by molar-refractivity contribution is -0.122. The van der Waals surface area contributed by atoms with Gasteiger partial charge in [0.15, 0.2) is 0 Å². The molecule has 1 amide bonds. The Kier molecular flexibility index (Phi) is 6.74. The summed E-state index contributed by atoms with van der Waals surface area (Å²) < 4.78 is 24.8. The van der Waals surface area contributed by atoms with E-state index in [2.05, 4.69) is 5.32 Å². The van der Waals surface area contributed by atoms with Gasteiger partial charge < -0.3 is 10.4 Å². The molecule has 0 atom stereocenters. The lowest BCUT2D eigenvalue weighted by Gasteiger charge is -2.31. The van der Waals surface area contributed by atoms with Crippen LogP contribution in [0.3, 0.4) is 0 Å². The summed E-state index contributed by atoms with van der Waals surface area (Å²) in [5.41, 5.74) is 0. The highest BCUT2D eigenvalue weighted by molar-refractivity contribution is 7.89. The van der Waals surface area contributed by atoms with E-state index in [4.69, 9.17) is 5.11 Å². The van der Waals surface area contributed by atoms with Gasteiger partial charge in [0.05, 0.1) is 5.75 Å². The summed E-state index contributed by atoms with van der Waals surface area (Å²) in [4.78, 5) is 11.6. The van der Waals surface area contributed by atoms with E-state index in [1.54, 1.807) is 6.92 Å². The van der Waals surface area contributed by atoms with Gasteiger partial charge in [-0.3, -0.25) is 4.79 Å². The van der Waals surface area contributed by atoms with Crippen molar-refractivity contribution < 1.29 is 18.3 Å². The second kappa shape index (κ2) is 7.81. The van der Waals surface area contributed by atoms with E-state index in [1.807, 2.05) is 0 Å². The van der Waals surface area contributed by atoms with Crippen LogP contribution < -0.4 is 5.32 Å². The first kappa shape index (κ1) is 16.4. The molecule has 112 valence electrons. The first-order valence-corrected chi connectivity index (χ1v) is 8.48. The molecule has 0 radical (unpaired) electrons. The van der Waals surface area contributed by atoms with Crippen molar-refractivity contribution >= 4 is 15.9 Å². The monoisotopic (exact) mass is 292 g/mol. The number of nitrogens with zero attached hydrogens (tertiary/aromatic N) is 1. The standard InChI is InChI=1S/C12H24N2O4S/c1-2-19(17,18)14-8-6-11(7-9-14)13-12(16)5-3-4-10-15/h11,15H,2-10H2,1H3,(H,13,16). The molecule has 6 nitrogen and oxygen atoms in total. The molecule has 1 fully saturated rings. The van der Waals surface area contributed by atoms with Crippen molar-refractivity contribution in [3.63, 3.8) is 0 Å². The molecule has 1 rings (SSSR count). The fourth-order valence-electron chi connectivity index (χ4n) is 2.16. The zero-order valence-corrected chi connectivity index (χ0v) is 12.3. The number of amides is 1. The summed E-state index contributed by atoms with van der Waals surface area (Å²) in [6.07, 6.45) is 3.09. The van der Waals surface area contributed by atoms with E-state index in [-0.39, 0.29) is 24.3 Å². The lowest BCUT2D eigenvalue weighted by atomic mass is 10.1. The van der Waals surface area contributed by atoms with Crippen molar-refractivity contribution in [2.24, 2.45) is 0 Å². The molecule has 2 N–H and O–H groups in total. The van der Waals surface area contributed by atoms with Crippen LogP contribution in [0.2, 0.25) is 0 Å². The number of nitrogens with one attached hydrogen (secondary N) is 1. The highest BCUT2D eigenvalue weighted by Gasteiger charge is 2.27. The summed E-state index contributed by atoms with van der Waals surface area (Å²) in [5.74, 6) is 0.121. The Morgan fingerprint density at radius 3 is 2.47 bits per heavy atom. The van der Waals surface area contributed by atoms with Crippen molar-refractivity contribution in [1.82, 2.24) is 9.62 Å². The van der Waals surface area contributed by atoms with Crippen LogP contribution in [0.15, 0.2) is 0 Å². The Balaban J connectivity index is 2.28. The maximum Gasteiger partial charge on any atom is 0.220 e. The molecule has 0 bridgehead atoms. The number of unbranched alkanes of at least 4 members (excludes halogenated alkanes) is 1. The first-order valence-electron chi connectivity index (χ1n) is 6.87. The Morgan fingerprint density at radius 2 is 1.95 bits per heavy atom. The van der Waals surface area contributed by atoms with Crippen LogP contribution in [0.25, 0.3) is 0 Å². The predicted octanol–water partition coefficient (Wildman–Crippen LogP) is 0.0793. The van der Waals surface area contributed by atoms with Crippen LogP contribution in [-0.4, -0.2) is 55.2 Å². The molecule has 1 aliphatic heterocycles. The number of aliphatic hydroxyl groups excluding tert-OH is 1. The van der Waals surface area contributed by atoms with Crippen molar-refractivity contribution in [1.29, 1.82) is 0 Å². The minimum Gasteiger partial charge on any atom is -0.396 e. The third-order valence-corrected chi connectivity index (χ3v) is 5.27. The summed E-state index contributed by atoms with van der Waals surface area (Å²) in [6.45, 7) is 2.72. The molecule has 0 saturated carbocycles. The number of carbonyl (C=O) groups is 1. The smallest absolute Gasteiger partial charge is 0.220 e. The molecule has 1 heterocycles. The van der Waals surface area contributed by atoms with E-state index in [0.29, 0.717) is 45.2 Å². The Morgan fingerprint density at radius 1 is 1.32 bits per heavy atom. The second-order valence-electron chi connectivity index (χ2n) is 4.82. The fraction of sp³-hybridized carbons (Fsp3) is 0.917. The number of aliphatic hydroxyl groups is 1. The number of rotatable bonds is 7. The molecule has 0 aromatic rings. The molecule has 0 aliphatic carbocycles. The summed E-state index contributed by atoms with van der Waals surface area (Å²) in [5, 5.41) is 11.6. The maximum absolute atomic E-state index is 11.7. The minimum absolute atomic E-state index is 0.00903. The van der Waals surface area contributed by atoms with E-state index < -0.39 is 10.0 Å². The molecule has 1 aliphatic rings. The number of carbonyl (C=O) groups excluding carboxylic acids is 1. The normalized spacial score (nSPS) is 18.4. The molecule has 0 unspecified atom stereocenters. The van der Waals surface area contributed by atoms with Crippen LogP contribution >= 0.6 is 0 Å². The van der Waals surface area contributed by atoms with E-state index in [9.17, 15) is 13.2 Å². The number of sulfonamides is 1. The van der Waals surface area contributed by atoms with Gasteiger partial charge in [-0.05, 0) is 32.6 Å². The number of hydrogen-bond acceptors (Lipinski definition) is 4. The van der Waals surface area contributed by atoms with Crippen LogP contribution in [0.5, 0.6) is 0 Å². The van der Waals surface area contributed by atoms with Crippen LogP contribution in [0.1, 0.15) is 39.0 Å². The van der Waals surface area contributed by atoms with Gasteiger partial charge in [0.1, 0.15) is 0 Å². The quantitative estimate of drug-likeness (QED) is 0.651. The third kappa shape index (κ3) is 5.46. The van der Waals surface area contributed by atoms with E-state index in [0.717, 1.165) is 0 Å².